The molecule has 0 spiro atoms. The van der Waals surface area contributed by atoms with E-state index in [1.807, 2.05) is 29.6 Å². The van der Waals surface area contributed by atoms with Crippen molar-refractivity contribution in [3.05, 3.63) is 54.1 Å². The molecule has 32 heavy (non-hydrogen) atoms. The van der Waals surface area contributed by atoms with Gasteiger partial charge >= 0.3 is 6.03 Å². The highest BCUT2D eigenvalue weighted by atomic mass is 28.3. The average Bonchev–Trinajstić information content (AvgIpc) is 2.73. The summed E-state index contributed by atoms with van der Waals surface area (Å²) in [6, 6.07) is 12.2. The highest BCUT2D eigenvalue weighted by Crippen LogP contribution is 2.24. The first-order chi connectivity index (χ1) is 14.9. The van der Waals surface area contributed by atoms with Crippen LogP contribution in [0.25, 0.3) is 0 Å². The molecule has 0 aliphatic heterocycles. The molecule has 0 fully saturated rings. The fraction of sp³-hybridized carbons (Fsp3) is 0.273. The van der Waals surface area contributed by atoms with Crippen molar-refractivity contribution in [2.24, 2.45) is 5.73 Å². The maximum atomic E-state index is 13.2. The molecule has 0 bridgehead atoms. The monoisotopic (exact) mass is 455 g/mol. The second-order valence-corrected chi connectivity index (χ2v) is 13.3. The third-order valence-electron chi connectivity index (χ3n) is 4.87. The van der Waals surface area contributed by atoms with Crippen molar-refractivity contribution in [3.8, 4) is 5.75 Å². The molecule has 0 aliphatic carbocycles. The van der Waals surface area contributed by atoms with E-state index in [9.17, 15) is 14.4 Å². The summed E-state index contributed by atoms with van der Waals surface area (Å²) < 4.78 is 5.16. The Bertz CT molecular complexity index is 1000. The van der Waals surface area contributed by atoms with E-state index >= 15 is 0 Å². The lowest BCUT2D eigenvalue weighted by atomic mass is 10.0. The van der Waals surface area contributed by atoms with Crippen LogP contribution in [-0.4, -0.2) is 50.8 Å². The van der Waals surface area contributed by atoms with Gasteiger partial charge in [-0.05, 0) is 29.8 Å². The number of nitrogens with zero attached hydrogens (tertiary/aromatic N) is 1. The van der Waals surface area contributed by atoms with E-state index in [2.05, 4.69) is 25.0 Å². The van der Waals surface area contributed by atoms with Gasteiger partial charge in [0, 0.05) is 12.7 Å². The Balaban J connectivity index is 2.34. The summed E-state index contributed by atoms with van der Waals surface area (Å²) in [5.41, 5.74) is 6.09. The van der Waals surface area contributed by atoms with Crippen LogP contribution in [0.15, 0.2) is 48.5 Å². The molecule has 0 heterocycles. The number of ether oxygens (including phenoxy) is 1. The molecule has 0 aliphatic rings. The van der Waals surface area contributed by atoms with Crippen molar-refractivity contribution in [3.63, 3.8) is 0 Å². The van der Waals surface area contributed by atoms with Crippen LogP contribution in [0.3, 0.4) is 0 Å². The zero-order chi connectivity index (χ0) is 24.1. The predicted octanol–water partition coefficient (Wildman–Crippen LogP) is 2.02. The molecule has 1 unspecified atom stereocenters. The van der Waals surface area contributed by atoms with Crippen molar-refractivity contribution in [1.29, 1.82) is 5.41 Å². The van der Waals surface area contributed by atoms with Gasteiger partial charge in [-0.1, -0.05) is 49.1 Å². The van der Waals surface area contributed by atoms with Gasteiger partial charge in [-0.3, -0.25) is 20.3 Å². The number of hydrogen-bond donors (Lipinski definition) is 4. The summed E-state index contributed by atoms with van der Waals surface area (Å²) in [6.07, 6.45) is 0. The van der Waals surface area contributed by atoms with Crippen LogP contribution in [0.5, 0.6) is 5.75 Å². The van der Waals surface area contributed by atoms with Crippen molar-refractivity contribution in [1.82, 2.24) is 10.2 Å². The molecule has 0 radical (unpaired) electrons. The number of hydrogen-bond acceptors (Lipinski definition) is 5. The number of anilines is 1. The second-order valence-electron chi connectivity index (χ2n) is 8.27. The van der Waals surface area contributed by atoms with Crippen LogP contribution < -0.4 is 26.3 Å². The number of rotatable bonds is 6. The number of likely N-dealkylation sites (N-methyl/N-ethyl adjacent to an activating group) is 1. The minimum Gasteiger partial charge on any atom is -0.497 e. The molecule has 0 saturated heterocycles. The van der Waals surface area contributed by atoms with Gasteiger partial charge in [-0.15, -0.1) is 0 Å². The van der Waals surface area contributed by atoms with Gasteiger partial charge in [0.25, 0.3) is 11.8 Å². The number of carbonyl (C=O) groups excluding carboxylic acids is 3. The lowest BCUT2D eigenvalue weighted by Crippen LogP contribution is -2.48. The standard InChI is InChI=1S/C22H29N5O4Si/c1-27(21(29)19(23)26-22(24)30)18(14-6-10-16(31-2)11-7-14)20(28)25-15-8-12-17(13-9-15)32(3,4)5/h6-13,18H,1-5H3,(H,25,28)(H4,23,24,26,30). The number of amides is 4. The minimum absolute atomic E-state index is 0.473. The molecule has 2 rings (SSSR count). The molecular weight excluding hydrogens is 426 g/mol. The number of primary amides is 1. The van der Waals surface area contributed by atoms with Crippen molar-refractivity contribution in [2.45, 2.75) is 25.7 Å². The highest BCUT2D eigenvalue weighted by molar-refractivity contribution is 6.88. The number of amidine groups is 1. The third-order valence-corrected chi connectivity index (χ3v) is 6.93. The average molecular weight is 456 g/mol. The lowest BCUT2D eigenvalue weighted by molar-refractivity contribution is -0.132. The zero-order valence-corrected chi connectivity index (χ0v) is 19.9. The topological polar surface area (TPSA) is 138 Å². The molecule has 9 nitrogen and oxygen atoms in total. The summed E-state index contributed by atoms with van der Waals surface area (Å²) in [5, 5.41) is 13.8. The van der Waals surface area contributed by atoms with Crippen LogP contribution in [0.2, 0.25) is 19.6 Å². The van der Waals surface area contributed by atoms with Crippen molar-refractivity contribution < 1.29 is 19.1 Å². The number of urea groups is 1. The number of methoxy groups -OCH3 is 1. The summed E-state index contributed by atoms with van der Waals surface area (Å²) in [4.78, 5) is 38.0. The molecule has 2 aromatic carbocycles. The van der Waals surface area contributed by atoms with Gasteiger partial charge < -0.3 is 20.7 Å². The highest BCUT2D eigenvalue weighted by Gasteiger charge is 2.31. The van der Waals surface area contributed by atoms with Crippen LogP contribution in [0.1, 0.15) is 11.6 Å². The first-order valence-corrected chi connectivity index (χ1v) is 13.4. The van der Waals surface area contributed by atoms with E-state index in [1.165, 1.54) is 19.3 Å². The summed E-state index contributed by atoms with van der Waals surface area (Å²) in [7, 11) is 1.42. The normalized spacial score (nSPS) is 11.8. The van der Waals surface area contributed by atoms with E-state index in [-0.39, 0.29) is 0 Å². The SMILES string of the molecule is COc1ccc(C(C(=O)Nc2ccc([Si](C)(C)C)cc2)N(C)C(=O)C(=N)NC(N)=O)cc1. The summed E-state index contributed by atoms with van der Waals surface area (Å²) in [5.74, 6) is -1.48. The number of nitrogens with one attached hydrogen (secondary N) is 3. The molecule has 0 saturated carbocycles. The quantitative estimate of drug-likeness (QED) is 0.301. The van der Waals surface area contributed by atoms with Gasteiger partial charge in [0.05, 0.1) is 15.2 Å². The van der Waals surface area contributed by atoms with Crippen molar-refractivity contribution in [2.75, 3.05) is 19.5 Å². The first kappa shape index (κ1) is 24.6. The Hall–Kier alpha value is -3.66. The van der Waals surface area contributed by atoms with E-state index in [4.69, 9.17) is 15.9 Å². The van der Waals surface area contributed by atoms with Crippen LogP contribution >= 0.6 is 0 Å². The number of benzene rings is 2. The maximum Gasteiger partial charge on any atom is 0.317 e. The summed E-state index contributed by atoms with van der Waals surface area (Å²) in [6.45, 7) is 6.70. The molecule has 1 atom stereocenters. The van der Waals surface area contributed by atoms with E-state index < -0.39 is 37.8 Å². The molecule has 4 amide bonds. The van der Waals surface area contributed by atoms with Gasteiger partial charge in [0.2, 0.25) is 0 Å². The minimum atomic E-state index is -1.48. The van der Waals surface area contributed by atoms with E-state index in [0.29, 0.717) is 17.0 Å². The van der Waals surface area contributed by atoms with Gasteiger partial charge in [0.1, 0.15) is 11.8 Å². The van der Waals surface area contributed by atoms with Gasteiger partial charge in [-0.25, -0.2) is 4.79 Å². The Morgan fingerprint density at radius 3 is 2.06 bits per heavy atom. The first-order valence-electron chi connectivity index (χ1n) is 9.91. The Kier molecular flexibility index (Phi) is 7.76. The lowest BCUT2D eigenvalue weighted by Gasteiger charge is -2.28. The van der Waals surface area contributed by atoms with Crippen LogP contribution in [0.4, 0.5) is 10.5 Å². The van der Waals surface area contributed by atoms with Crippen molar-refractivity contribution >= 4 is 42.6 Å². The fourth-order valence-corrected chi connectivity index (χ4v) is 4.24. The third kappa shape index (κ3) is 6.17. The Morgan fingerprint density at radius 2 is 1.59 bits per heavy atom. The van der Waals surface area contributed by atoms with Crippen LogP contribution in [-0.2, 0) is 9.59 Å². The molecular formula is C22H29N5O4Si. The number of nitrogens with two attached hydrogens (primary N) is 1. The van der Waals surface area contributed by atoms with E-state index in [1.54, 1.807) is 24.3 Å². The molecule has 170 valence electrons. The van der Waals surface area contributed by atoms with Gasteiger partial charge in [0.15, 0.2) is 5.84 Å². The Labute approximate surface area is 188 Å². The largest absolute Gasteiger partial charge is 0.497 e. The smallest absolute Gasteiger partial charge is 0.317 e. The summed E-state index contributed by atoms with van der Waals surface area (Å²) >= 11 is 0. The predicted molar refractivity (Wildman–Crippen MR) is 127 cm³/mol. The maximum absolute atomic E-state index is 13.2. The number of carbonyl (C=O) groups is 3. The van der Waals surface area contributed by atoms with E-state index in [0.717, 1.165) is 4.90 Å². The molecule has 0 aromatic heterocycles. The fourth-order valence-electron chi connectivity index (χ4n) is 3.07. The molecule has 2 aromatic rings. The van der Waals surface area contributed by atoms with Gasteiger partial charge in [-0.2, -0.15) is 0 Å². The molecule has 10 heteroatoms. The second kappa shape index (κ2) is 10.1. The van der Waals surface area contributed by atoms with Crippen LogP contribution in [0, 0.1) is 5.41 Å². The zero-order valence-electron chi connectivity index (χ0n) is 18.9. The Morgan fingerprint density at radius 1 is 1.03 bits per heavy atom. The molecule has 5 N–H and O–H groups in total.